The molecule has 4 fully saturated rings. The summed E-state index contributed by atoms with van der Waals surface area (Å²) in [6.07, 6.45) is 1.56. The average Bonchev–Trinajstić information content (AvgIpc) is 3.46. The minimum Gasteiger partial charge on any atom is -0.437 e. The third-order valence-corrected chi connectivity index (χ3v) is 6.30. The van der Waals surface area contributed by atoms with E-state index in [0.29, 0.717) is 43.4 Å². The highest BCUT2D eigenvalue weighted by Crippen LogP contribution is 2.42. The largest absolute Gasteiger partial charge is 0.437 e. The molecule has 3 saturated heterocycles. The number of hydrogen-bond acceptors (Lipinski definition) is 4. The molecule has 1 aromatic carbocycles. The summed E-state index contributed by atoms with van der Waals surface area (Å²) in [5.41, 5.74) is -0.0314. The van der Waals surface area contributed by atoms with Gasteiger partial charge in [0.2, 0.25) is 5.91 Å². The topological polar surface area (TPSA) is 82.2 Å². The third-order valence-electron chi connectivity index (χ3n) is 6.05. The van der Waals surface area contributed by atoms with Crippen molar-refractivity contribution in [2.75, 3.05) is 38.0 Å². The molecule has 4 amide bonds. The van der Waals surface area contributed by atoms with Crippen LogP contribution in [0, 0.1) is 5.92 Å². The minimum absolute atomic E-state index is 0.151. The fraction of sp³-hybridized carbons (Fsp3) is 0.526. The fourth-order valence-electron chi connectivity index (χ4n) is 4.29. The summed E-state index contributed by atoms with van der Waals surface area (Å²) in [6.45, 7) is 2.09. The molecule has 148 valence electrons. The van der Waals surface area contributed by atoms with Gasteiger partial charge in [0.15, 0.2) is 5.60 Å². The average molecular weight is 405 g/mol. The highest BCUT2D eigenvalue weighted by Gasteiger charge is 2.63. The number of ether oxygens (including phenoxy) is 1. The monoisotopic (exact) mass is 404 g/mol. The molecule has 3 aliphatic heterocycles. The Morgan fingerprint density at radius 3 is 2.50 bits per heavy atom. The highest BCUT2D eigenvalue weighted by atomic mass is 35.5. The Balaban J connectivity index is 1.26. The van der Waals surface area contributed by atoms with Crippen molar-refractivity contribution in [1.82, 2.24) is 14.7 Å². The maximum absolute atomic E-state index is 12.7. The molecular weight excluding hydrogens is 384 g/mol. The quantitative estimate of drug-likeness (QED) is 0.817. The van der Waals surface area contributed by atoms with Crippen LogP contribution in [0.25, 0.3) is 0 Å². The number of carbonyl (C=O) groups is 3. The number of rotatable bonds is 2. The van der Waals surface area contributed by atoms with Crippen molar-refractivity contribution >= 4 is 35.3 Å². The first-order chi connectivity index (χ1) is 13.4. The first-order valence-corrected chi connectivity index (χ1v) is 9.93. The molecule has 1 unspecified atom stereocenters. The number of likely N-dealkylation sites (tertiary alicyclic amines) is 1. The number of anilines is 1. The molecule has 1 spiro atoms. The zero-order valence-electron chi connectivity index (χ0n) is 15.3. The van der Waals surface area contributed by atoms with Gasteiger partial charge < -0.3 is 19.9 Å². The molecule has 3 heterocycles. The highest BCUT2D eigenvalue weighted by molar-refractivity contribution is 6.30. The molecule has 28 heavy (non-hydrogen) atoms. The second-order valence-electron chi connectivity index (χ2n) is 7.99. The molecule has 0 aromatic heterocycles. The number of urea groups is 1. The Morgan fingerprint density at radius 2 is 1.82 bits per heavy atom. The predicted molar refractivity (Wildman–Crippen MR) is 101 cm³/mol. The number of piperazine rings is 1. The van der Waals surface area contributed by atoms with Gasteiger partial charge in [-0.1, -0.05) is 11.6 Å². The van der Waals surface area contributed by atoms with Gasteiger partial charge in [0.1, 0.15) is 0 Å². The second kappa shape index (κ2) is 6.27. The van der Waals surface area contributed by atoms with Crippen LogP contribution in [0.2, 0.25) is 5.02 Å². The number of nitrogens with zero attached hydrogens (tertiary/aromatic N) is 3. The van der Waals surface area contributed by atoms with Gasteiger partial charge in [-0.05, 0) is 37.1 Å². The number of hydrogen-bond donors (Lipinski definition) is 1. The summed E-state index contributed by atoms with van der Waals surface area (Å²) in [4.78, 5) is 42.4. The Hall–Kier alpha value is -2.48. The van der Waals surface area contributed by atoms with Crippen LogP contribution < -0.4 is 5.32 Å². The van der Waals surface area contributed by atoms with E-state index in [1.807, 2.05) is 0 Å². The van der Waals surface area contributed by atoms with Gasteiger partial charge >= 0.3 is 12.1 Å². The van der Waals surface area contributed by atoms with Gasteiger partial charge in [-0.3, -0.25) is 9.69 Å². The lowest BCUT2D eigenvalue weighted by Gasteiger charge is -2.51. The molecule has 9 heteroatoms. The summed E-state index contributed by atoms with van der Waals surface area (Å²) < 4.78 is 5.69. The van der Waals surface area contributed by atoms with Crippen LogP contribution in [-0.2, 0) is 9.53 Å². The van der Waals surface area contributed by atoms with Crippen LogP contribution in [0.4, 0.5) is 15.3 Å². The molecule has 1 aromatic rings. The maximum atomic E-state index is 12.7. The van der Waals surface area contributed by atoms with E-state index in [1.54, 1.807) is 39.0 Å². The molecule has 0 radical (unpaired) electrons. The summed E-state index contributed by atoms with van der Waals surface area (Å²) in [7, 11) is 0. The number of fused-ring (bicyclic) bond motifs is 2. The van der Waals surface area contributed by atoms with Gasteiger partial charge in [0.05, 0.1) is 19.1 Å². The molecule has 1 saturated carbocycles. The number of halogens is 1. The Morgan fingerprint density at radius 1 is 1.11 bits per heavy atom. The van der Waals surface area contributed by atoms with Gasteiger partial charge in [0.25, 0.3) is 0 Å². The first kappa shape index (κ1) is 17.6. The predicted octanol–water partition coefficient (Wildman–Crippen LogP) is 2.00. The van der Waals surface area contributed by atoms with E-state index in [4.69, 9.17) is 16.3 Å². The molecule has 8 nitrogen and oxygen atoms in total. The maximum Gasteiger partial charge on any atom is 0.411 e. The van der Waals surface area contributed by atoms with Crippen molar-refractivity contribution in [1.29, 1.82) is 0 Å². The Bertz CT molecular complexity index is 835. The van der Waals surface area contributed by atoms with Crippen LogP contribution in [0.3, 0.4) is 0 Å². The summed E-state index contributed by atoms with van der Waals surface area (Å²) in [5.74, 6) is 0.312. The van der Waals surface area contributed by atoms with E-state index in [-0.39, 0.29) is 30.0 Å². The van der Waals surface area contributed by atoms with Crippen LogP contribution in [-0.4, -0.2) is 77.1 Å². The normalized spacial score (nSPS) is 25.2. The molecule has 1 aliphatic carbocycles. The molecule has 1 N–H and O–H groups in total. The molecule has 4 aliphatic rings. The Kier molecular flexibility index (Phi) is 3.94. The Labute approximate surface area is 167 Å². The van der Waals surface area contributed by atoms with Crippen molar-refractivity contribution in [2.45, 2.75) is 24.5 Å². The zero-order chi connectivity index (χ0) is 19.5. The lowest BCUT2D eigenvalue weighted by Crippen LogP contribution is -2.72. The van der Waals surface area contributed by atoms with E-state index in [2.05, 4.69) is 5.32 Å². The standard InChI is InChI=1S/C19H21ClN4O4/c20-13-3-5-14(6-4-13)21-17(26)22-7-8-24-15(9-22)19(28-18(24)27)10-23(11-19)16(25)12-1-2-12/h3-6,12,15H,1-2,7-11H2,(H,21,26). The lowest BCUT2D eigenvalue weighted by atomic mass is 9.84. The molecular formula is C19H21ClN4O4. The van der Waals surface area contributed by atoms with Gasteiger partial charge in [0, 0.05) is 36.3 Å². The molecule has 5 rings (SSSR count). The van der Waals surface area contributed by atoms with Crippen molar-refractivity contribution in [3.63, 3.8) is 0 Å². The number of amides is 4. The van der Waals surface area contributed by atoms with Crippen molar-refractivity contribution in [3.8, 4) is 0 Å². The molecule has 1 atom stereocenters. The fourth-order valence-corrected chi connectivity index (χ4v) is 4.42. The number of benzene rings is 1. The van der Waals surface area contributed by atoms with E-state index in [9.17, 15) is 14.4 Å². The van der Waals surface area contributed by atoms with Crippen LogP contribution in [0.5, 0.6) is 0 Å². The van der Waals surface area contributed by atoms with E-state index in [1.165, 1.54) is 0 Å². The summed E-state index contributed by atoms with van der Waals surface area (Å²) in [5, 5.41) is 3.47. The van der Waals surface area contributed by atoms with Gasteiger partial charge in [-0.15, -0.1) is 0 Å². The van der Waals surface area contributed by atoms with Crippen LogP contribution in [0.1, 0.15) is 12.8 Å². The SMILES string of the molecule is O=C(Nc1ccc(Cl)cc1)N1CCN2C(=O)OC3(CN(C(=O)C4CC4)C3)C2C1. The van der Waals surface area contributed by atoms with E-state index >= 15 is 0 Å². The van der Waals surface area contributed by atoms with E-state index in [0.717, 1.165) is 12.8 Å². The minimum atomic E-state index is -0.694. The molecule has 0 bridgehead atoms. The van der Waals surface area contributed by atoms with Crippen molar-refractivity contribution in [3.05, 3.63) is 29.3 Å². The van der Waals surface area contributed by atoms with Crippen molar-refractivity contribution in [2.24, 2.45) is 5.92 Å². The number of carbonyl (C=O) groups excluding carboxylic acids is 3. The van der Waals surface area contributed by atoms with E-state index < -0.39 is 5.60 Å². The van der Waals surface area contributed by atoms with Gasteiger partial charge in [-0.2, -0.15) is 0 Å². The zero-order valence-corrected chi connectivity index (χ0v) is 16.0. The smallest absolute Gasteiger partial charge is 0.411 e. The lowest BCUT2D eigenvalue weighted by molar-refractivity contribution is -0.156. The summed E-state index contributed by atoms with van der Waals surface area (Å²) >= 11 is 5.88. The van der Waals surface area contributed by atoms with Crippen LogP contribution in [0.15, 0.2) is 24.3 Å². The van der Waals surface area contributed by atoms with Crippen LogP contribution >= 0.6 is 11.6 Å². The summed E-state index contributed by atoms with van der Waals surface area (Å²) in [6, 6.07) is 6.47. The second-order valence-corrected chi connectivity index (χ2v) is 8.43. The third kappa shape index (κ3) is 2.87. The van der Waals surface area contributed by atoms with Crippen molar-refractivity contribution < 1.29 is 19.1 Å². The number of nitrogens with one attached hydrogen (secondary N) is 1. The first-order valence-electron chi connectivity index (χ1n) is 9.55. The van der Waals surface area contributed by atoms with Gasteiger partial charge in [-0.25, -0.2) is 9.59 Å².